The Morgan fingerprint density at radius 2 is 0.714 bits per heavy atom. The van der Waals surface area contributed by atoms with Crippen LogP contribution in [0.3, 0.4) is 0 Å². The first-order chi connectivity index (χ1) is 40.8. The predicted octanol–water partition coefficient (Wildman–Crippen LogP) is 19.4. The van der Waals surface area contributed by atoms with Gasteiger partial charge in [-0.15, -0.1) is 0 Å². The zero-order valence-electron chi connectivity index (χ0n) is 53.9. The molecule has 4 atom stereocenters. The molecule has 3 aromatic carbocycles. The molecule has 470 valence electrons. The first-order valence-electron chi connectivity index (χ1n) is 33.3. The zero-order chi connectivity index (χ0) is 61.5. The largest absolute Gasteiger partial charge is 0.462 e. The maximum absolute atomic E-state index is 15.3. The summed E-state index contributed by atoms with van der Waals surface area (Å²) in [5, 5.41) is 0. The van der Waals surface area contributed by atoms with Gasteiger partial charge in [0.1, 0.15) is 22.6 Å². The Bertz CT molecular complexity index is 2410. The molecule has 0 aliphatic carbocycles. The summed E-state index contributed by atoms with van der Waals surface area (Å²) in [7, 11) is 0. The second kappa shape index (κ2) is 43.2. The van der Waals surface area contributed by atoms with Crippen molar-refractivity contribution < 1.29 is 57.2 Å². The fourth-order valence-corrected chi connectivity index (χ4v) is 10.7. The molecular weight excluding hydrogens is 1060 g/mol. The van der Waals surface area contributed by atoms with Crippen LogP contribution in [0.5, 0.6) is 11.5 Å². The second-order valence-electron chi connectivity index (χ2n) is 23.4. The lowest BCUT2D eigenvalue weighted by atomic mass is 9.90. The molecule has 0 fully saturated rings. The minimum atomic E-state index is -1.01. The lowest BCUT2D eigenvalue weighted by molar-refractivity contribution is 0.0375. The molecule has 0 saturated heterocycles. The highest BCUT2D eigenvalue weighted by molar-refractivity contribution is 6.09. The van der Waals surface area contributed by atoms with Crippen molar-refractivity contribution >= 4 is 35.8 Å². The van der Waals surface area contributed by atoms with Crippen LogP contribution >= 0.6 is 0 Å². The number of benzene rings is 3. The zero-order valence-corrected chi connectivity index (χ0v) is 53.9. The number of hydrogen-bond donors (Lipinski definition) is 0. The van der Waals surface area contributed by atoms with E-state index in [9.17, 15) is 19.2 Å². The fourth-order valence-electron chi connectivity index (χ4n) is 10.7. The monoisotopic (exact) mass is 1170 g/mol. The van der Waals surface area contributed by atoms with Gasteiger partial charge in [0.05, 0.1) is 48.7 Å². The molecule has 84 heavy (non-hydrogen) atoms. The summed E-state index contributed by atoms with van der Waals surface area (Å²) in [6, 6.07) is 12.2. The van der Waals surface area contributed by atoms with E-state index in [0.717, 1.165) is 185 Å². The van der Waals surface area contributed by atoms with Gasteiger partial charge in [0.2, 0.25) is 0 Å². The van der Waals surface area contributed by atoms with Gasteiger partial charge < -0.3 is 28.4 Å². The van der Waals surface area contributed by atoms with Crippen molar-refractivity contribution in [3.8, 4) is 11.5 Å². The number of aryl methyl sites for hydroxylation is 1. The van der Waals surface area contributed by atoms with Gasteiger partial charge in [-0.3, -0.25) is 0 Å². The lowest BCUT2D eigenvalue weighted by Crippen LogP contribution is -2.24. The van der Waals surface area contributed by atoms with Crippen molar-refractivity contribution in [3.63, 3.8) is 0 Å². The molecular formula is C72H110O12. The van der Waals surface area contributed by atoms with E-state index in [0.29, 0.717) is 18.4 Å². The molecule has 0 heterocycles. The normalized spacial score (nSPS) is 12.7. The van der Waals surface area contributed by atoms with Crippen molar-refractivity contribution in [2.45, 2.75) is 262 Å². The van der Waals surface area contributed by atoms with E-state index in [-0.39, 0.29) is 95.0 Å². The molecule has 4 unspecified atom stereocenters. The summed E-state index contributed by atoms with van der Waals surface area (Å²) in [5.74, 6) is -4.99. The van der Waals surface area contributed by atoms with Gasteiger partial charge >= 0.3 is 35.8 Å². The fraction of sp³-hybridized carbons (Fsp3) is 0.667. The van der Waals surface area contributed by atoms with E-state index < -0.39 is 35.8 Å². The van der Waals surface area contributed by atoms with Gasteiger partial charge in [-0.05, 0) is 116 Å². The molecule has 0 radical (unpaired) electrons. The minimum Gasteiger partial charge on any atom is -0.462 e. The highest BCUT2D eigenvalue weighted by Gasteiger charge is 2.34. The molecule has 0 amide bonds. The first kappa shape index (κ1) is 72.7. The molecule has 3 rings (SSSR count). The summed E-state index contributed by atoms with van der Waals surface area (Å²) in [6.45, 7) is 21.6. The minimum absolute atomic E-state index is 0.0188. The Labute approximate surface area is 507 Å². The molecule has 0 N–H and O–H groups in total. The highest BCUT2D eigenvalue weighted by atomic mass is 16.6. The van der Waals surface area contributed by atoms with Gasteiger partial charge in [0, 0.05) is 0 Å². The van der Waals surface area contributed by atoms with Crippen LogP contribution in [0.1, 0.15) is 322 Å². The van der Waals surface area contributed by atoms with Gasteiger partial charge in [-0.1, -0.05) is 229 Å². The lowest BCUT2D eigenvalue weighted by Gasteiger charge is -2.23. The number of unbranched alkanes of at least 4 members (excludes halogenated alkanes) is 14. The van der Waals surface area contributed by atoms with Crippen molar-refractivity contribution in [2.75, 3.05) is 26.4 Å². The molecule has 0 aliphatic rings. The predicted molar refractivity (Wildman–Crippen MR) is 338 cm³/mol. The maximum atomic E-state index is 15.3. The second-order valence-corrected chi connectivity index (χ2v) is 23.4. The average molecular weight is 1170 g/mol. The topological polar surface area (TPSA) is 158 Å². The third-order valence-electron chi connectivity index (χ3n) is 16.7. The maximum Gasteiger partial charge on any atom is 0.344 e. The van der Waals surface area contributed by atoms with E-state index >= 15 is 9.59 Å². The molecule has 3 aromatic rings. The third kappa shape index (κ3) is 25.2. The van der Waals surface area contributed by atoms with Crippen molar-refractivity contribution in [1.29, 1.82) is 0 Å². The number of carbonyl (C=O) groups is 6. The van der Waals surface area contributed by atoms with Crippen molar-refractivity contribution in [2.24, 2.45) is 23.7 Å². The average Bonchev–Trinajstić information content (AvgIpc) is 2.85. The standard InChI is InChI=1S/C72H110O12/c1-11-21-27-29-31-33-42-57-48-62(68(74)80-50-54(18-8)39-24-14-4)65(72(78)82-52-56(20-10)41-26-16-6)66(58(57)43-34-32-30-28-22-12-2)84-70(76)60-45-36-35-44-59(60)69(75)83-63-47-37-46-61(67(73)79-49-53(17-7)38-23-13-3)64(63)71(77)81-51-55(19-9)40-25-15-5/h35-37,44-48,53-56H,11-34,38-43,49-52H2,1-10H3. The van der Waals surface area contributed by atoms with Crippen LogP contribution < -0.4 is 9.47 Å². The summed E-state index contributed by atoms with van der Waals surface area (Å²) in [5.41, 5.74) is 0.484. The van der Waals surface area contributed by atoms with Crippen LogP contribution in [0, 0.1) is 23.7 Å². The van der Waals surface area contributed by atoms with Crippen LogP contribution in [0.4, 0.5) is 0 Å². The molecule has 0 saturated carbocycles. The molecule has 0 bridgehead atoms. The molecule has 12 nitrogen and oxygen atoms in total. The van der Waals surface area contributed by atoms with Crippen LogP contribution in [-0.4, -0.2) is 62.2 Å². The van der Waals surface area contributed by atoms with Gasteiger partial charge in [-0.25, -0.2) is 28.8 Å². The van der Waals surface area contributed by atoms with Crippen LogP contribution in [-0.2, 0) is 31.8 Å². The van der Waals surface area contributed by atoms with Crippen LogP contribution in [0.2, 0.25) is 0 Å². The molecule has 0 aromatic heterocycles. The summed E-state index contributed by atoms with van der Waals surface area (Å²) < 4.78 is 36.8. The Balaban J connectivity index is 2.32. The Kier molecular flexibility index (Phi) is 37.4. The Morgan fingerprint density at radius 1 is 0.345 bits per heavy atom. The number of carbonyl (C=O) groups excluding carboxylic acids is 6. The van der Waals surface area contributed by atoms with E-state index in [4.69, 9.17) is 28.4 Å². The van der Waals surface area contributed by atoms with E-state index in [1.165, 1.54) is 30.3 Å². The Morgan fingerprint density at radius 3 is 1.15 bits per heavy atom. The van der Waals surface area contributed by atoms with Gasteiger partial charge in [0.25, 0.3) is 0 Å². The third-order valence-corrected chi connectivity index (χ3v) is 16.7. The summed E-state index contributed by atoms with van der Waals surface area (Å²) >= 11 is 0. The van der Waals surface area contributed by atoms with Crippen molar-refractivity contribution in [1.82, 2.24) is 0 Å². The van der Waals surface area contributed by atoms with Crippen LogP contribution in [0.15, 0.2) is 48.5 Å². The SMILES string of the molecule is CCCCCCCCc1cc(C(=O)OCC(CC)CCCC)c(C(=O)OCC(CC)CCCC)c(OC(=O)c2ccccc2C(=O)Oc2cccc(C(=O)OCC(CC)CCCC)c2C(=O)OCC(CC)CCCC)c1CCCCCCCC. The van der Waals surface area contributed by atoms with Gasteiger partial charge in [-0.2, -0.15) is 0 Å². The van der Waals surface area contributed by atoms with Gasteiger partial charge in [0.15, 0.2) is 0 Å². The summed E-state index contributed by atoms with van der Waals surface area (Å²) in [4.78, 5) is 88.2. The van der Waals surface area contributed by atoms with Crippen LogP contribution in [0.25, 0.3) is 0 Å². The smallest absolute Gasteiger partial charge is 0.344 e. The molecule has 0 aliphatic heterocycles. The number of esters is 6. The van der Waals surface area contributed by atoms with E-state index in [1.807, 2.05) is 13.8 Å². The Hall–Kier alpha value is -5.52. The highest BCUT2D eigenvalue weighted by Crippen LogP contribution is 2.37. The number of rotatable bonds is 46. The number of ether oxygens (including phenoxy) is 6. The van der Waals surface area contributed by atoms with Crippen molar-refractivity contribution in [3.05, 3.63) is 93.0 Å². The van der Waals surface area contributed by atoms with E-state index in [1.54, 1.807) is 18.2 Å². The molecule has 12 heteroatoms. The molecule has 0 spiro atoms. The number of hydrogen-bond acceptors (Lipinski definition) is 12. The summed E-state index contributed by atoms with van der Waals surface area (Å²) in [6.07, 6.45) is 27.7. The quantitative estimate of drug-likeness (QED) is 0.0228. The van der Waals surface area contributed by atoms with E-state index in [2.05, 4.69) is 55.4 Å². The first-order valence-corrected chi connectivity index (χ1v) is 33.3.